The molecule has 0 aliphatic heterocycles. The summed E-state index contributed by atoms with van der Waals surface area (Å²) in [7, 11) is 0. The number of hydrogen-bond donors (Lipinski definition) is 2. The molecule has 110 valence electrons. The highest BCUT2D eigenvalue weighted by Crippen LogP contribution is 2.49. The third-order valence-electron chi connectivity index (χ3n) is 4.05. The van der Waals surface area contributed by atoms with Gasteiger partial charge in [0.25, 0.3) is 0 Å². The highest BCUT2D eigenvalue weighted by molar-refractivity contribution is 5.91. The maximum Gasteiger partial charge on any atom is 0.231 e. The van der Waals surface area contributed by atoms with Gasteiger partial charge in [0.1, 0.15) is 11.6 Å². The van der Waals surface area contributed by atoms with Crippen molar-refractivity contribution >= 4 is 5.91 Å². The quantitative estimate of drug-likeness (QED) is 0.908. The Morgan fingerprint density at radius 3 is 2.71 bits per heavy atom. The highest BCUT2D eigenvalue weighted by Gasteiger charge is 2.52. The van der Waals surface area contributed by atoms with Gasteiger partial charge in [0.05, 0.1) is 11.5 Å². The predicted octanol–water partition coefficient (Wildman–Crippen LogP) is 2.77. The third kappa shape index (κ3) is 2.44. The van der Waals surface area contributed by atoms with Crippen molar-refractivity contribution in [1.82, 2.24) is 15.3 Å². The number of carbonyl (C=O) groups is 1. The number of aryl methyl sites for hydroxylation is 1. The largest absolute Gasteiger partial charge is 0.346 e. The van der Waals surface area contributed by atoms with Crippen LogP contribution in [0.15, 0.2) is 30.5 Å². The fourth-order valence-electron chi connectivity index (χ4n) is 2.65. The lowest BCUT2D eigenvalue weighted by atomic mass is 9.94. The summed E-state index contributed by atoms with van der Waals surface area (Å²) in [5.41, 5.74) is 0.730. The summed E-state index contributed by atoms with van der Waals surface area (Å²) in [6.45, 7) is 3.78. The molecule has 0 unspecified atom stereocenters. The predicted molar refractivity (Wildman–Crippen MR) is 77.2 cm³/mol. The van der Waals surface area contributed by atoms with E-state index in [4.69, 9.17) is 0 Å². The number of nitrogens with zero attached hydrogens (tertiary/aromatic N) is 1. The second-order valence-corrected chi connectivity index (χ2v) is 5.71. The van der Waals surface area contributed by atoms with Crippen LogP contribution >= 0.6 is 0 Å². The van der Waals surface area contributed by atoms with Gasteiger partial charge >= 0.3 is 0 Å². The molecule has 0 spiro atoms. The Morgan fingerprint density at radius 1 is 1.43 bits per heavy atom. The Hall–Kier alpha value is -2.17. The van der Waals surface area contributed by atoms with Crippen LogP contribution in [0, 0.1) is 12.7 Å². The van der Waals surface area contributed by atoms with Crippen molar-refractivity contribution in [2.24, 2.45) is 0 Å². The van der Waals surface area contributed by atoms with Crippen LogP contribution in [-0.4, -0.2) is 15.9 Å². The normalized spacial score (nSPS) is 17.3. The van der Waals surface area contributed by atoms with E-state index in [1.165, 1.54) is 6.07 Å². The van der Waals surface area contributed by atoms with Crippen LogP contribution in [0.4, 0.5) is 4.39 Å². The van der Waals surface area contributed by atoms with E-state index in [-0.39, 0.29) is 17.8 Å². The number of benzene rings is 1. The van der Waals surface area contributed by atoms with Gasteiger partial charge in [0.2, 0.25) is 5.91 Å². The molecule has 1 aliphatic rings. The molecule has 5 heteroatoms. The summed E-state index contributed by atoms with van der Waals surface area (Å²) >= 11 is 0. The Balaban J connectivity index is 1.78. The zero-order valence-corrected chi connectivity index (χ0v) is 12.1. The molecule has 1 amide bonds. The van der Waals surface area contributed by atoms with E-state index in [0.717, 1.165) is 5.69 Å². The maximum atomic E-state index is 14.0. The second kappa shape index (κ2) is 4.98. The molecular weight excluding hydrogens is 269 g/mol. The van der Waals surface area contributed by atoms with Crippen molar-refractivity contribution < 1.29 is 9.18 Å². The number of carbonyl (C=O) groups excluding carboxylic acids is 1. The lowest BCUT2D eigenvalue weighted by Gasteiger charge is -2.19. The van der Waals surface area contributed by atoms with Crippen LogP contribution in [0.2, 0.25) is 0 Å². The smallest absolute Gasteiger partial charge is 0.231 e. The zero-order chi connectivity index (χ0) is 15.0. The Morgan fingerprint density at radius 2 is 2.14 bits per heavy atom. The lowest BCUT2D eigenvalue weighted by molar-refractivity contribution is -0.124. The van der Waals surface area contributed by atoms with E-state index in [0.29, 0.717) is 24.2 Å². The third-order valence-corrected chi connectivity index (χ3v) is 4.05. The average molecular weight is 287 g/mol. The summed E-state index contributed by atoms with van der Waals surface area (Å²) in [6.07, 6.45) is 3.09. The van der Waals surface area contributed by atoms with Gasteiger partial charge in [-0.2, -0.15) is 0 Å². The Kier molecular flexibility index (Phi) is 3.27. The van der Waals surface area contributed by atoms with Crippen molar-refractivity contribution in [2.45, 2.75) is 38.1 Å². The zero-order valence-electron chi connectivity index (χ0n) is 12.1. The number of H-pyrrole nitrogens is 1. The van der Waals surface area contributed by atoms with Crippen LogP contribution in [0.1, 0.15) is 42.9 Å². The fourth-order valence-corrected chi connectivity index (χ4v) is 2.65. The Bertz CT molecular complexity index is 676. The van der Waals surface area contributed by atoms with Crippen LogP contribution in [-0.2, 0) is 10.2 Å². The van der Waals surface area contributed by atoms with Gasteiger partial charge < -0.3 is 10.3 Å². The number of nitrogens with one attached hydrogen (secondary N) is 2. The molecule has 4 nitrogen and oxygen atoms in total. The van der Waals surface area contributed by atoms with Gasteiger partial charge in [-0.05, 0) is 32.8 Å². The number of rotatable bonds is 4. The van der Waals surface area contributed by atoms with E-state index >= 15 is 0 Å². The lowest BCUT2D eigenvalue weighted by Crippen LogP contribution is -2.37. The van der Waals surface area contributed by atoms with Crippen molar-refractivity contribution in [1.29, 1.82) is 0 Å². The van der Waals surface area contributed by atoms with E-state index in [1.807, 2.05) is 13.8 Å². The van der Waals surface area contributed by atoms with Crippen LogP contribution in [0.5, 0.6) is 0 Å². The van der Waals surface area contributed by atoms with E-state index in [2.05, 4.69) is 15.3 Å². The number of aromatic nitrogens is 2. The molecule has 3 rings (SSSR count). The molecule has 0 saturated heterocycles. The first-order valence-corrected chi connectivity index (χ1v) is 7.10. The average Bonchev–Trinajstić information content (AvgIpc) is 3.15. The molecule has 1 heterocycles. The van der Waals surface area contributed by atoms with Gasteiger partial charge in [-0.3, -0.25) is 4.79 Å². The molecule has 1 fully saturated rings. The summed E-state index contributed by atoms with van der Waals surface area (Å²) < 4.78 is 14.0. The molecule has 2 N–H and O–H groups in total. The van der Waals surface area contributed by atoms with Gasteiger partial charge in [-0.25, -0.2) is 9.37 Å². The number of hydrogen-bond acceptors (Lipinski definition) is 2. The molecule has 1 saturated carbocycles. The highest BCUT2D eigenvalue weighted by atomic mass is 19.1. The van der Waals surface area contributed by atoms with Gasteiger partial charge in [0, 0.05) is 17.5 Å². The molecule has 0 radical (unpaired) electrons. The van der Waals surface area contributed by atoms with Crippen LogP contribution in [0.25, 0.3) is 0 Å². The molecule has 2 aromatic rings. The topological polar surface area (TPSA) is 57.8 Å². The number of halogens is 1. The minimum absolute atomic E-state index is 0.130. The van der Waals surface area contributed by atoms with Gasteiger partial charge in [0.15, 0.2) is 0 Å². The number of imidazole rings is 1. The number of aromatic amines is 1. The fraction of sp³-hybridized carbons (Fsp3) is 0.375. The summed E-state index contributed by atoms with van der Waals surface area (Å²) in [5.74, 6) is 0.269. The van der Waals surface area contributed by atoms with Gasteiger partial charge in [-0.1, -0.05) is 18.2 Å². The second-order valence-electron chi connectivity index (χ2n) is 5.71. The Labute approximate surface area is 122 Å². The first kappa shape index (κ1) is 13.8. The van der Waals surface area contributed by atoms with E-state index in [9.17, 15) is 9.18 Å². The van der Waals surface area contributed by atoms with Crippen molar-refractivity contribution in [3.05, 3.63) is 53.4 Å². The van der Waals surface area contributed by atoms with Crippen LogP contribution < -0.4 is 5.32 Å². The summed E-state index contributed by atoms with van der Waals surface area (Å²) in [4.78, 5) is 19.9. The molecule has 1 aliphatic carbocycles. The van der Waals surface area contributed by atoms with Gasteiger partial charge in [-0.15, -0.1) is 0 Å². The minimum Gasteiger partial charge on any atom is -0.346 e. The molecule has 0 bridgehead atoms. The van der Waals surface area contributed by atoms with Crippen molar-refractivity contribution in [3.8, 4) is 0 Å². The maximum absolute atomic E-state index is 14.0. The van der Waals surface area contributed by atoms with E-state index in [1.54, 1.807) is 24.4 Å². The molecule has 1 atom stereocenters. The monoisotopic (exact) mass is 287 g/mol. The SMILES string of the molecule is Cc1cnc([C@@H](C)NC(=O)C2(c3ccccc3F)CC2)[nH]1. The van der Waals surface area contributed by atoms with Crippen molar-refractivity contribution in [2.75, 3.05) is 0 Å². The molecule has 1 aromatic heterocycles. The summed E-state index contributed by atoms with van der Waals surface area (Å²) in [5, 5.41) is 2.94. The molecular formula is C16H18FN3O. The minimum atomic E-state index is -0.707. The molecule has 21 heavy (non-hydrogen) atoms. The first-order chi connectivity index (χ1) is 10.0. The number of amides is 1. The standard InChI is InChI=1S/C16H18FN3O/c1-10-9-18-14(19-10)11(2)20-15(21)16(7-8-16)12-5-3-4-6-13(12)17/h3-6,9,11H,7-8H2,1-2H3,(H,18,19)(H,20,21)/t11-/m1/s1. The van der Waals surface area contributed by atoms with E-state index < -0.39 is 5.41 Å². The first-order valence-electron chi connectivity index (χ1n) is 7.10. The molecule has 1 aromatic carbocycles. The summed E-state index contributed by atoms with van der Waals surface area (Å²) in [6, 6.07) is 6.29. The van der Waals surface area contributed by atoms with Crippen LogP contribution in [0.3, 0.4) is 0 Å². The van der Waals surface area contributed by atoms with Crippen molar-refractivity contribution in [3.63, 3.8) is 0 Å².